The van der Waals surface area contributed by atoms with E-state index < -0.39 is 0 Å². The van der Waals surface area contributed by atoms with Gasteiger partial charge in [0.2, 0.25) is 5.91 Å². The van der Waals surface area contributed by atoms with E-state index in [1.54, 1.807) is 7.11 Å². The lowest BCUT2D eigenvalue weighted by atomic mass is 9.86. The van der Waals surface area contributed by atoms with Crippen molar-refractivity contribution in [2.75, 3.05) is 26.7 Å². The molecule has 6 rings (SSSR count). The molecule has 1 aromatic rings. The molecule has 5 aliphatic rings. The number of fused-ring (bicyclic) bond motifs is 6. The van der Waals surface area contributed by atoms with E-state index in [-0.39, 0.29) is 17.9 Å². The van der Waals surface area contributed by atoms with Gasteiger partial charge in [-0.25, -0.2) is 5.01 Å². The Balaban J connectivity index is 1.26. The monoisotopic (exact) mass is 502 g/mol. The molecule has 0 radical (unpaired) electrons. The van der Waals surface area contributed by atoms with Crippen LogP contribution in [0.1, 0.15) is 63.0 Å². The van der Waals surface area contributed by atoms with E-state index in [1.165, 1.54) is 43.2 Å². The molecule has 1 aliphatic carbocycles. The van der Waals surface area contributed by atoms with E-state index in [9.17, 15) is 4.79 Å². The van der Waals surface area contributed by atoms with Gasteiger partial charge >= 0.3 is 0 Å². The van der Waals surface area contributed by atoms with Gasteiger partial charge in [-0.1, -0.05) is 42.9 Å². The number of amides is 1. The average molecular weight is 503 g/mol. The number of hydrogen-bond donors (Lipinski definition) is 1. The quantitative estimate of drug-likeness (QED) is 0.526. The van der Waals surface area contributed by atoms with Gasteiger partial charge in [-0.3, -0.25) is 20.0 Å². The summed E-state index contributed by atoms with van der Waals surface area (Å²) in [5.74, 6) is 0.929. The second-order valence-corrected chi connectivity index (χ2v) is 11.5. The smallest absolute Gasteiger partial charge is 0.241 e. The first kappa shape index (κ1) is 24.9. The maximum atomic E-state index is 13.0. The van der Waals surface area contributed by atoms with Crippen molar-refractivity contribution in [2.45, 2.75) is 81.6 Å². The van der Waals surface area contributed by atoms with E-state index >= 15 is 0 Å². The Morgan fingerprint density at radius 2 is 1.84 bits per heavy atom. The molecule has 6 heteroatoms. The van der Waals surface area contributed by atoms with Crippen molar-refractivity contribution < 1.29 is 9.53 Å². The average Bonchev–Trinajstić information content (AvgIpc) is 3.45. The van der Waals surface area contributed by atoms with Crippen LogP contribution < -0.4 is 10.2 Å². The van der Waals surface area contributed by atoms with Gasteiger partial charge in [0.1, 0.15) is 5.75 Å². The number of piperazine rings is 1. The van der Waals surface area contributed by atoms with Crippen molar-refractivity contribution in [3.8, 4) is 5.75 Å². The molecule has 4 bridgehead atoms. The SMILES string of the molecule is C=CCN1C2CCC1C1CCC2N1C(C1=CCC(C(=O)NN2CCCCC2)C=C1)c1cccc(OC)c1. The molecule has 4 saturated heterocycles. The molecule has 1 aromatic carbocycles. The molecule has 6 unspecified atom stereocenters. The van der Waals surface area contributed by atoms with Gasteiger partial charge in [-0.15, -0.1) is 6.58 Å². The number of hydrazine groups is 1. The largest absolute Gasteiger partial charge is 0.497 e. The number of nitrogens with zero attached hydrogens (tertiary/aromatic N) is 3. The van der Waals surface area contributed by atoms with Crippen LogP contribution in [-0.4, -0.2) is 71.6 Å². The van der Waals surface area contributed by atoms with Crippen molar-refractivity contribution in [3.05, 3.63) is 66.3 Å². The first-order valence-corrected chi connectivity index (χ1v) is 14.4. The van der Waals surface area contributed by atoms with Gasteiger partial charge in [0.15, 0.2) is 0 Å². The number of benzene rings is 1. The van der Waals surface area contributed by atoms with Crippen LogP contribution in [-0.2, 0) is 4.79 Å². The minimum Gasteiger partial charge on any atom is -0.497 e. The van der Waals surface area contributed by atoms with Crippen LogP contribution in [0.3, 0.4) is 0 Å². The number of piperidine rings is 1. The van der Waals surface area contributed by atoms with Gasteiger partial charge in [0.25, 0.3) is 0 Å². The summed E-state index contributed by atoms with van der Waals surface area (Å²) in [5.41, 5.74) is 5.79. The van der Waals surface area contributed by atoms with Crippen LogP contribution in [0.2, 0.25) is 0 Å². The molecular formula is C31H42N4O2. The predicted octanol–water partition coefficient (Wildman–Crippen LogP) is 4.62. The van der Waals surface area contributed by atoms with E-state index in [1.807, 2.05) is 6.07 Å². The van der Waals surface area contributed by atoms with Crippen LogP contribution in [0.5, 0.6) is 5.75 Å². The summed E-state index contributed by atoms with van der Waals surface area (Å²) in [4.78, 5) is 18.6. The molecule has 4 fully saturated rings. The number of methoxy groups -OCH3 is 1. The molecule has 198 valence electrons. The van der Waals surface area contributed by atoms with E-state index in [0.29, 0.717) is 24.2 Å². The zero-order chi connectivity index (χ0) is 25.4. The van der Waals surface area contributed by atoms with Gasteiger partial charge in [0, 0.05) is 43.8 Å². The third kappa shape index (κ3) is 4.68. The van der Waals surface area contributed by atoms with E-state index in [4.69, 9.17) is 4.74 Å². The van der Waals surface area contributed by atoms with Crippen molar-refractivity contribution in [1.29, 1.82) is 0 Å². The molecule has 4 aliphatic heterocycles. The maximum Gasteiger partial charge on any atom is 0.241 e. The second-order valence-electron chi connectivity index (χ2n) is 11.5. The predicted molar refractivity (Wildman–Crippen MR) is 147 cm³/mol. The number of ether oxygens (including phenoxy) is 1. The third-order valence-electron chi connectivity index (χ3n) is 9.48. The Bertz CT molecular complexity index is 1040. The highest BCUT2D eigenvalue weighted by Gasteiger charge is 2.56. The van der Waals surface area contributed by atoms with Crippen LogP contribution in [0.15, 0.2) is 60.7 Å². The lowest BCUT2D eigenvalue weighted by Crippen LogP contribution is -2.61. The fourth-order valence-electron chi connectivity index (χ4n) is 7.84. The fourth-order valence-corrected chi connectivity index (χ4v) is 7.84. The molecule has 1 amide bonds. The van der Waals surface area contributed by atoms with Crippen molar-refractivity contribution in [3.63, 3.8) is 0 Å². The maximum absolute atomic E-state index is 13.0. The molecule has 6 nitrogen and oxygen atoms in total. The minimum absolute atomic E-state index is 0.103. The van der Waals surface area contributed by atoms with Crippen LogP contribution in [0, 0.1) is 5.92 Å². The lowest BCUT2D eigenvalue weighted by molar-refractivity contribution is -0.128. The Labute approximate surface area is 222 Å². The number of nitrogens with one attached hydrogen (secondary N) is 1. The highest BCUT2D eigenvalue weighted by molar-refractivity contribution is 5.80. The number of carbonyl (C=O) groups is 1. The Kier molecular flexibility index (Phi) is 7.24. The van der Waals surface area contributed by atoms with Gasteiger partial charge in [-0.2, -0.15) is 0 Å². The lowest BCUT2D eigenvalue weighted by Gasteiger charge is -2.50. The summed E-state index contributed by atoms with van der Waals surface area (Å²) in [5, 5.41) is 2.11. The summed E-state index contributed by atoms with van der Waals surface area (Å²) in [6.07, 6.45) is 18.2. The highest BCUT2D eigenvalue weighted by atomic mass is 16.5. The summed E-state index contributed by atoms with van der Waals surface area (Å²) >= 11 is 0. The standard InChI is InChI=1S/C31H42N4O2/c1-3-18-34-26-14-15-27(34)29-17-16-28(26)35(29)30(24-8-7-9-25(21-24)37-2)22-10-12-23(13-11-22)31(36)32-33-19-5-4-6-20-33/h3,7-12,21,23,26-30H,1,4-6,13-20H2,2H3,(H,32,36). The third-order valence-corrected chi connectivity index (χ3v) is 9.48. The number of hydrogen-bond acceptors (Lipinski definition) is 5. The van der Waals surface area contributed by atoms with Crippen LogP contribution in [0.4, 0.5) is 0 Å². The molecule has 37 heavy (non-hydrogen) atoms. The molecule has 0 saturated carbocycles. The first-order valence-electron chi connectivity index (χ1n) is 14.4. The Morgan fingerprint density at radius 1 is 1.11 bits per heavy atom. The first-order chi connectivity index (χ1) is 18.2. The van der Waals surface area contributed by atoms with Gasteiger partial charge < -0.3 is 4.74 Å². The fraction of sp³-hybridized carbons (Fsp3) is 0.581. The van der Waals surface area contributed by atoms with Crippen molar-refractivity contribution in [1.82, 2.24) is 20.2 Å². The molecule has 0 aromatic heterocycles. The number of carbonyl (C=O) groups excluding carboxylic acids is 1. The summed E-state index contributed by atoms with van der Waals surface area (Å²) in [7, 11) is 1.75. The zero-order valence-electron chi connectivity index (χ0n) is 22.2. The minimum atomic E-state index is -0.103. The summed E-state index contributed by atoms with van der Waals surface area (Å²) in [6, 6.07) is 11.1. The summed E-state index contributed by atoms with van der Waals surface area (Å²) < 4.78 is 5.64. The molecule has 6 atom stereocenters. The van der Waals surface area contributed by atoms with Crippen molar-refractivity contribution >= 4 is 5.91 Å². The zero-order valence-corrected chi connectivity index (χ0v) is 22.2. The highest BCUT2D eigenvalue weighted by Crippen LogP contribution is 2.51. The van der Waals surface area contributed by atoms with Crippen molar-refractivity contribution in [2.24, 2.45) is 5.92 Å². The van der Waals surface area contributed by atoms with Crippen LogP contribution in [0.25, 0.3) is 0 Å². The summed E-state index contributed by atoms with van der Waals surface area (Å²) in [6.45, 7) is 6.97. The number of allylic oxidation sites excluding steroid dienone is 1. The molecule has 1 N–H and O–H groups in total. The van der Waals surface area contributed by atoms with E-state index in [0.717, 1.165) is 44.6 Å². The molecule has 4 heterocycles. The normalized spacial score (nSPS) is 32.7. The topological polar surface area (TPSA) is 48.0 Å². The van der Waals surface area contributed by atoms with Gasteiger partial charge in [0.05, 0.1) is 19.1 Å². The Hall–Kier alpha value is -2.41. The van der Waals surface area contributed by atoms with E-state index in [2.05, 4.69) is 69.3 Å². The van der Waals surface area contributed by atoms with Gasteiger partial charge in [-0.05, 0) is 68.2 Å². The molecular weight excluding hydrogens is 460 g/mol. The molecule has 0 spiro atoms. The Morgan fingerprint density at radius 3 is 2.49 bits per heavy atom. The van der Waals surface area contributed by atoms with Crippen LogP contribution >= 0.6 is 0 Å². The second kappa shape index (κ2) is 10.8. The number of rotatable bonds is 8.